The van der Waals surface area contributed by atoms with Crippen molar-refractivity contribution in [3.63, 3.8) is 0 Å². The van der Waals surface area contributed by atoms with Crippen molar-refractivity contribution in [2.24, 2.45) is 23.7 Å². The molecule has 2 atom stereocenters. The molecule has 3 aliphatic rings. The summed E-state index contributed by atoms with van der Waals surface area (Å²) < 4.78 is 0. The minimum Gasteiger partial charge on any atom is -0.228 e. The summed E-state index contributed by atoms with van der Waals surface area (Å²) in [4.78, 5) is 20.3. The molecule has 3 saturated carbocycles. The van der Waals surface area contributed by atoms with E-state index in [0.29, 0.717) is 5.82 Å². The fourth-order valence-electron chi connectivity index (χ4n) is 9.46. The normalized spacial score (nSPS) is 20.9. The Morgan fingerprint density at radius 3 is 1.19 bits per heavy atom. The Kier molecular flexibility index (Phi) is 6.97. The van der Waals surface area contributed by atoms with E-state index >= 15 is 0 Å². The van der Waals surface area contributed by atoms with Crippen LogP contribution in [0, 0.1) is 23.7 Å². The smallest absolute Gasteiger partial charge is 0.160 e. The standard InChI is InChI=1S/C49H36N4/c1-4-10-30(11-5-1)42-28-44(52-48(50-42)33-14-8-3-9-15-33)37-22-20-36-25-38(23-21-35(36)24-37)45-29-43(31-12-6-2-7-13-31)51-49(53-45)34-18-16-32(17-19-34)46-40-26-39-27-41(46)47(39)40/h1-25,28-29,39-41,46-47H,26-27H2. The number of nitrogens with zero attached hydrogens (tertiary/aromatic N) is 4. The molecular weight excluding hydrogens is 645 g/mol. The Bertz CT molecular complexity index is 2570. The lowest BCUT2D eigenvalue weighted by Gasteiger charge is -2.73. The second kappa shape index (κ2) is 12.2. The Balaban J connectivity index is 0.957. The highest BCUT2D eigenvalue weighted by Crippen LogP contribution is 2.75. The molecule has 0 saturated heterocycles. The highest BCUT2D eigenvalue weighted by atomic mass is 14.9. The molecule has 2 unspecified atom stereocenters. The molecule has 2 heterocycles. The van der Waals surface area contributed by atoms with Gasteiger partial charge in [-0.15, -0.1) is 0 Å². The zero-order chi connectivity index (χ0) is 34.9. The van der Waals surface area contributed by atoms with Gasteiger partial charge in [-0.1, -0.05) is 140 Å². The van der Waals surface area contributed by atoms with Crippen molar-refractivity contribution in [1.29, 1.82) is 0 Å². The van der Waals surface area contributed by atoms with Gasteiger partial charge >= 0.3 is 0 Å². The van der Waals surface area contributed by atoms with Gasteiger partial charge in [0.1, 0.15) is 0 Å². The van der Waals surface area contributed by atoms with E-state index in [9.17, 15) is 0 Å². The molecule has 4 heteroatoms. The summed E-state index contributed by atoms with van der Waals surface area (Å²) in [5.74, 6) is 6.17. The van der Waals surface area contributed by atoms with Crippen molar-refractivity contribution >= 4 is 10.8 Å². The number of hydrogen-bond donors (Lipinski definition) is 0. The van der Waals surface area contributed by atoms with Crippen LogP contribution in [0.1, 0.15) is 24.3 Å². The number of aromatic nitrogens is 4. The summed E-state index contributed by atoms with van der Waals surface area (Å²) in [6.45, 7) is 0. The van der Waals surface area contributed by atoms with E-state index in [4.69, 9.17) is 19.9 Å². The summed E-state index contributed by atoms with van der Waals surface area (Å²) >= 11 is 0. The van der Waals surface area contributed by atoms with Gasteiger partial charge in [-0.3, -0.25) is 0 Å². The largest absolute Gasteiger partial charge is 0.228 e. The maximum absolute atomic E-state index is 5.19. The second-order valence-corrected chi connectivity index (χ2v) is 15.1. The third-order valence-corrected chi connectivity index (χ3v) is 12.2. The molecule has 0 N–H and O–H groups in total. The lowest BCUT2D eigenvalue weighted by molar-refractivity contribution is -0.214. The molecule has 0 amide bonds. The van der Waals surface area contributed by atoms with Gasteiger partial charge in [0, 0.05) is 33.4 Å². The van der Waals surface area contributed by atoms with Gasteiger partial charge in [-0.05, 0) is 83.0 Å². The first-order valence-corrected chi connectivity index (χ1v) is 18.8. The molecule has 11 rings (SSSR count). The molecular formula is C49H36N4. The average molecular weight is 681 g/mol. The van der Waals surface area contributed by atoms with Crippen molar-refractivity contribution in [3.8, 4) is 67.8 Å². The maximum atomic E-state index is 5.19. The lowest BCUT2D eigenvalue weighted by Crippen LogP contribution is -2.65. The highest BCUT2D eigenvalue weighted by Gasteiger charge is 2.67. The van der Waals surface area contributed by atoms with Crippen molar-refractivity contribution in [2.45, 2.75) is 18.8 Å². The van der Waals surface area contributed by atoms with Gasteiger partial charge in [0.15, 0.2) is 11.6 Å². The van der Waals surface area contributed by atoms with Crippen molar-refractivity contribution in [3.05, 3.63) is 169 Å². The molecule has 0 aliphatic heterocycles. The molecule has 3 aliphatic carbocycles. The molecule has 0 spiro atoms. The number of rotatable bonds is 7. The SMILES string of the molecule is c1ccc(-c2cc(-c3ccc4cc(-c5cc(-c6ccccc6)nc(-c6ccc(C7C8CC9CC7C98)cc6)n5)ccc4c3)nc(-c3ccccc3)n2)cc1. The van der Waals surface area contributed by atoms with Crippen molar-refractivity contribution < 1.29 is 0 Å². The van der Waals surface area contributed by atoms with Crippen LogP contribution in [0.25, 0.3) is 78.6 Å². The summed E-state index contributed by atoms with van der Waals surface area (Å²) in [6, 6.07) is 57.5. The monoisotopic (exact) mass is 680 g/mol. The van der Waals surface area contributed by atoms with Gasteiger partial charge in [-0.2, -0.15) is 0 Å². The zero-order valence-electron chi connectivity index (χ0n) is 29.2. The van der Waals surface area contributed by atoms with Crippen LogP contribution in [0.5, 0.6) is 0 Å². The summed E-state index contributed by atoms with van der Waals surface area (Å²) in [6.07, 6.45) is 2.88. The van der Waals surface area contributed by atoms with Gasteiger partial charge in [0.05, 0.1) is 22.8 Å². The minimum atomic E-state index is 0.715. The van der Waals surface area contributed by atoms with Crippen LogP contribution in [-0.2, 0) is 0 Å². The molecule has 2 aromatic heterocycles. The maximum Gasteiger partial charge on any atom is 0.160 e. The fourth-order valence-corrected chi connectivity index (χ4v) is 9.46. The fraction of sp³-hybridized carbons (Fsp3) is 0.143. The van der Waals surface area contributed by atoms with E-state index in [1.807, 2.05) is 42.5 Å². The summed E-state index contributed by atoms with van der Waals surface area (Å²) in [5, 5.41) is 2.29. The van der Waals surface area contributed by atoms with Crippen LogP contribution in [0.15, 0.2) is 164 Å². The van der Waals surface area contributed by atoms with Crippen LogP contribution in [0.3, 0.4) is 0 Å². The summed E-state index contributed by atoms with van der Waals surface area (Å²) in [5.41, 5.74) is 11.4. The van der Waals surface area contributed by atoms with Gasteiger partial charge in [0.2, 0.25) is 0 Å². The van der Waals surface area contributed by atoms with Crippen LogP contribution in [-0.4, -0.2) is 19.9 Å². The molecule has 4 nitrogen and oxygen atoms in total. The second-order valence-electron chi connectivity index (χ2n) is 15.1. The van der Waals surface area contributed by atoms with E-state index in [0.717, 1.165) is 102 Å². The van der Waals surface area contributed by atoms with Gasteiger partial charge < -0.3 is 0 Å². The number of hydrogen-bond acceptors (Lipinski definition) is 4. The molecule has 8 aromatic rings. The topological polar surface area (TPSA) is 51.6 Å². The van der Waals surface area contributed by atoms with Crippen molar-refractivity contribution in [1.82, 2.24) is 19.9 Å². The average Bonchev–Trinajstić information content (AvgIpc) is 3.23. The van der Waals surface area contributed by atoms with Crippen LogP contribution in [0.4, 0.5) is 0 Å². The van der Waals surface area contributed by atoms with Gasteiger partial charge in [-0.25, -0.2) is 19.9 Å². The highest BCUT2D eigenvalue weighted by molar-refractivity contribution is 5.91. The van der Waals surface area contributed by atoms with Crippen LogP contribution >= 0.6 is 0 Å². The number of benzene rings is 6. The van der Waals surface area contributed by atoms with Crippen LogP contribution in [0.2, 0.25) is 0 Å². The molecule has 252 valence electrons. The third-order valence-electron chi connectivity index (χ3n) is 12.2. The zero-order valence-corrected chi connectivity index (χ0v) is 29.2. The Morgan fingerprint density at radius 1 is 0.358 bits per heavy atom. The first-order valence-electron chi connectivity index (χ1n) is 18.8. The Labute approximate surface area is 309 Å². The van der Waals surface area contributed by atoms with Crippen LogP contribution < -0.4 is 0 Å². The predicted octanol–water partition coefficient (Wildman–Crippen LogP) is 11.8. The first-order chi connectivity index (χ1) is 26.2. The van der Waals surface area contributed by atoms with Crippen molar-refractivity contribution in [2.75, 3.05) is 0 Å². The quantitative estimate of drug-likeness (QED) is 0.168. The predicted molar refractivity (Wildman–Crippen MR) is 214 cm³/mol. The number of fused-ring (bicyclic) bond motifs is 1. The summed E-state index contributed by atoms with van der Waals surface area (Å²) in [7, 11) is 0. The third kappa shape index (κ3) is 5.20. The molecule has 0 bridgehead atoms. The molecule has 0 radical (unpaired) electrons. The Hall–Kier alpha value is -6.26. The Morgan fingerprint density at radius 2 is 0.755 bits per heavy atom. The van der Waals surface area contributed by atoms with E-state index < -0.39 is 0 Å². The van der Waals surface area contributed by atoms with Gasteiger partial charge in [0.25, 0.3) is 0 Å². The lowest BCUT2D eigenvalue weighted by atomic mass is 9.31. The van der Waals surface area contributed by atoms with E-state index in [1.54, 1.807) is 0 Å². The van der Waals surface area contributed by atoms with E-state index in [2.05, 4.69) is 121 Å². The minimum absolute atomic E-state index is 0.715. The molecule has 53 heavy (non-hydrogen) atoms. The molecule has 6 aromatic carbocycles. The van der Waals surface area contributed by atoms with E-state index in [1.165, 1.54) is 18.4 Å². The van der Waals surface area contributed by atoms with E-state index in [-0.39, 0.29) is 0 Å². The molecule has 3 fully saturated rings. The first kappa shape index (κ1) is 30.4.